The van der Waals surface area contributed by atoms with Gasteiger partial charge in [0.2, 0.25) is 17.7 Å². The van der Waals surface area contributed by atoms with E-state index in [9.17, 15) is 62.0 Å². The molecular formula is C37H27ClF9N9O8S2. The fourth-order valence-electron chi connectivity index (χ4n) is 7.90. The summed E-state index contributed by atoms with van der Waals surface area (Å²) in [5.74, 6) is -13.9. The molecular weight excluding hydrogens is 969 g/mol. The Balaban J connectivity index is 1.34. The normalized spacial score (nSPS) is 17.2. The molecule has 1 saturated carbocycles. The second-order valence-corrected chi connectivity index (χ2v) is 19.4. The van der Waals surface area contributed by atoms with Crippen LogP contribution in [0.5, 0.6) is 5.88 Å². The van der Waals surface area contributed by atoms with Crippen molar-refractivity contribution >= 4 is 71.1 Å². The van der Waals surface area contributed by atoms with Crippen molar-refractivity contribution in [2.24, 2.45) is 13.0 Å². The number of sulfone groups is 1. The van der Waals surface area contributed by atoms with Gasteiger partial charge in [-0.1, -0.05) is 11.6 Å². The first-order valence-electron chi connectivity index (χ1n) is 18.7. The lowest BCUT2D eigenvalue weighted by Gasteiger charge is -2.24. The van der Waals surface area contributed by atoms with Crippen molar-refractivity contribution in [2.45, 2.75) is 49.2 Å². The molecule has 2 aliphatic rings. The summed E-state index contributed by atoms with van der Waals surface area (Å²) < 4.78 is 182. The molecule has 8 rings (SSSR count). The molecule has 0 aliphatic heterocycles. The number of pyridine rings is 1. The average Bonchev–Trinajstić information content (AvgIpc) is 3.71. The van der Waals surface area contributed by atoms with E-state index in [0.717, 1.165) is 33.7 Å². The number of aryl methyl sites for hydroxylation is 1. The fourth-order valence-corrected chi connectivity index (χ4v) is 9.10. The van der Waals surface area contributed by atoms with Gasteiger partial charge in [0.15, 0.2) is 21.3 Å². The molecule has 0 saturated heterocycles. The number of anilines is 1. The minimum Gasteiger partial charge on any atom is -0.355 e. The van der Waals surface area contributed by atoms with Crippen molar-refractivity contribution in [2.75, 3.05) is 17.3 Å². The van der Waals surface area contributed by atoms with Gasteiger partial charge in [-0.05, 0) is 48.2 Å². The van der Waals surface area contributed by atoms with E-state index in [4.69, 9.17) is 11.6 Å². The lowest BCUT2D eigenvalue weighted by molar-refractivity contribution is -0.123. The number of amides is 2. The van der Waals surface area contributed by atoms with Crippen LogP contribution in [0.4, 0.5) is 45.3 Å². The largest absolute Gasteiger partial charge is 0.534 e. The monoisotopic (exact) mass is 995 g/mol. The van der Waals surface area contributed by atoms with Crippen molar-refractivity contribution in [3.8, 4) is 11.6 Å². The van der Waals surface area contributed by atoms with Gasteiger partial charge in [-0.15, -0.1) is 0 Å². The zero-order valence-electron chi connectivity index (χ0n) is 33.2. The highest BCUT2D eigenvalue weighted by molar-refractivity contribution is 7.91. The molecule has 2 amide bonds. The van der Waals surface area contributed by atoms with Crippen LogP contribution in [-0.4, -0.2) is 80.3 Å². The van der Waals surface area contributed by atoms with E-state index in [-0.39, 0.29) is 39.4 Å². The second-order valence-electron chi connectivity index (χ2n) is 15.3. The second kappa shape index (κ2) is 16.0. The molecule has 17 nitrogen and oxygen atoms in total. The zero-order valence-corrected chi connectivity index (χ0v) is 35.6. The number of benzene rings is 2. The molecule has 0 radical (unpaired) electrons. The predicted octanol–water partition coefficient (Wildman–Crippen LogP) is 5.25. The molecule has 2 aliphatic carbocycles. The third-order valence-corrected chi connectivity index (χ3v) is 12.5. The molecule has 3 atom stereocenters. The van der Waals surface area contributed by atoms with E-state index in [1.807, 2.05) is 0 Å². The van der Waals surface area contributed by atoms with Crippen molar-refractivity contribution in [3.05, 3.63) is 97.8 Å². The number of fused-ring (bicyclic) bond motifs is 5. The van der Waals surface area contributed by atoms with Gasteiger partial charge in [0.05, 0.1) is 33.0 Å². The lowest BCUT2D eigenvalue weighted by Crippen LogP contribution is -2.38. The van der Waals surface area contributed by atoms with Gasteiger partial charge < -0.3 is 14.8 Å². The van der Waals surface area contributed by atoms with Gasteiger partial charge in [0.1, 0.15) is 41.1 Å². The minimum atomic E-state index is -6.36. The number of hydrogen-bond donors (Lipinski definition) is 2. The number of rotatable bonds is 13. The molecule has 0 unspecified atom stereocenters. The number of alkyl halides is 7. The van der Waals surface area contributed by atoms with Gasteiger partial charge >= 0.3 is 15.6 Å². The van der Waals surface area contributed by atoms with Gasteiger partial charge in [0.25, 0.3) is 17.9 Å². The first-order valence-corrected chi connectivity index (χ1v) is 22.6. The predicted molar refractivity (Wildman–Crippen MR) is 211 cm³/mol. The van der Waals surface area contributed by atoms with Crippen LogP contribution >= 0.6 is 11.6 Å². The summed E-state index contributed by atoms with van der Waals surface area (Å²) in [5.41, 5.74) is -11.0. The van der Waals surface area contributed by atoms with E-state index in [0.29, 0.717) is 16.8 Å². The first kappa shape index (κ1) is 46.2. The summed E-state index contributed by atoms with van der Waals surface area (Å²) in [7, 11) is -8.96. The molecule has 4 heterocycles. The third-order valence-electron chi connectivity index (χ3n) is 10.5. The maximum absolute atomic E-state index is 15.5. The first-order chi connectivity index (χ1) is 30.6. The summed E-state index contributed by atoms with van der Waals surface area (Å²) in [6.07, 6.45) is -3.41. The van der Waals surface area contributed by atoms with E-state index >= 15 is 8.78 Å². The van der Waals surface area contributed by atoms with Crippen LogP contribution in [0.3, 0.4) is 0 Å². The quantitative estimate of drug-likeness (QED) is 0.0861. The average molecular weight is 996 g/mol. The Kier molecular flexibility index (Phi) is 11.2. The summed E-state index contributed by atoms with van der Waals surface area (Å²) >= 11 is 6.55. The topological polar surface area (TPSA) is 219 Å². The van der Waals surface area contributed by atoms with Crippen LogP contribution in [-0.2, 0) is 55.5 Å². The molecule has 2 aromatic carbocycles. The number of hydrogen-bond acceptors (Lipinski definition) is 12. The number of nitrogens with zero attached hydrogens (tertiary/aromatic N) is 7. The van der Waals surface area contributed by atoms with Crippen LogP contribution in [0.15, 0.2) is 47.3 Å². The van der Waals surface area contributed by atoms with Crippen LogP contribution in [0, 0.1) is 17.6 Å². The van der Waals surface area contributed by atoms with Crippen LogP contribution in [0.1, 0.15) is 53.1 Å². The van der Waals surface area contributed by atoms with Gasteiger partial charge in [-0.25, -0.2) is 31.0 Å². The van der Waals surface area contributed by atoms with E-state index < -0.39 is 143 Å². The highest BCUT2D eigenvalue weighted by atomic mass is 35.5. The molecule has 66 heavy (non-hydrogen) atoms. The Morgan fingerprint density at radius 3 is 2.32 bits per heavy atom. The Hall–Kier alpha value is -6.29. The molecule has 0 spiro atoms. The number of carbonyl (C=O) groups is 2. The maximum Gasteiger partial charge on any atom is 0.534 e. The summed E-state index contributed by atoms with van der Waals surface area (Å²) in [5, 5.41) is 11.6. The molecule has 4 aromatic heterocycles. The summed E-state index contributed by atoms with van der Waals surface area (Å²) in [6.45, 7) is -1.19. The zero-order chi connectivity index (χ0) is 48.2. The van der Waals surface area contributed by atoms with E-state index in [1.165, 1.54) is 19.2 Å². The SMILES string of the molecule is Cn1nc(NC(=O)CS(C)(=O)=O)c2c(Cl)ccc(-n3c([C@H](Cc4cc(F)cc(F)c4)NC(=O)Cn4nc(C(F)F)c5c4C(F)(F)[C@@H]4C[C@H]54)nc4nc(OS(=O)(=O)C(F)(F)F)ccc4c3=O)c21. The van der Waals surface area contributed by atoms with Crippen molar-refractivity contribution in [1.82, 2.24) is 39.4 Å². The van der Waals surface area contributed by atoms with Crippen LogP contribution in [0.25, 0.3) is 27.6 Å². The Morgan fingerprint density at radius 1 is 1.00 bits per heavy atom. The number of nitrogens with one attached hydrogen (secondary N) is 2. The summed E-state index contributed by atoms with van der Waals surface area (Å²) in [6, 6.07) is 3.85. The Labute approximate surface area is 368 Å². The van der Waals surface area contributed by atoms with E-state index in [1.54, 1.807) is 0 Å². The maximum atomic E-state index is 15.5. The van der Waals surface area contributed by atoms with Gasteiger partial charge in [0, 0.05) is 43.3 Å². The van der Waals surface area contributed by atoms with Crippen LogP contribution < -0.4 is 20.4 Å². The minimum absolute atomic E-state index is 0.110. The van der Waals surface area contributed by atoms with Crippen molar-refractivity contribution < 1.29 is 70.1 Å². The third kappa shape index (κ3) is 8.39. The van der Waals surface area contributed by atoms with Crippen molar-refractivity contribution in [1.29, 1.82) is 0 Å². The van der Waals surface area contributed by atoms with Gasteiger partial charge in [-0.2, -0.15) is 45.6 Å². The van der Waals surface area contributed by atoms with Crippen LogP contribution in [0.2, 0.25) is 5.02 Å². The molecule has 1 fully saturated rings. The molecule has 350 valence electrons. The number of halogens is 10. The molecule has 6 aromatic rings. The molecule has 0 bridgehead atoms. The van der Waals surface area contributed by atoms with E-state index in [2.05, 4.69) is 35.0 Å². The highest BCUT2D eigenvalue weighted by Gasteiger charge is 2.67. The Morgan fingerprint density at radius 2 is 1.68 bits per heavy atom. The van der Waals surface area contributed by atoms with Crippen molar-refractivity contribution in [3.63, 3.8) is 0 Å². The standard InChI is InChI=1S/C37H27ClF9N9O8S2/c1-54-29-22(5-4-20(38)27(29)33(53-54)49-24(58)13-65(2,60)61)56-34(51-32-17(35(56)59)3-6-25(50-32)64-66(62,63)37(45,46)47)21(9-14-7-15(39)10-16(40)8-14)48-23(57)12-55-30-26(28(52-55)31(41)42)18-11-19(18)36(30,43)44/h3-8,10,18-19,21,31H,9,11-13H2,1-2H3,(H,48,57)(H,49,53,58)/t18-,19+,21-/m0/s1. The smallest absolute Gasteiger partial charge is 0.355 e. The Bertz CT molecular complexity index is 3320. The lowest BCUT2D eigenvalue weighted by atomic mass is 10.0. The summed E-state index contributed by atoms with van der Waals surface area (Å²) in [4.78, 5) is 49.5. The van der Waals surface area contributed by atoms with Gasteiger partial charge in [-0.3, -0.25) is 28.3 Å². The number of carbonyl (C=O) groups excluding carboxylic acids is 2. The molecule has 29 heteroatoms. The highest BCUT2D eigenvalue weighted by Crippen LogP contribution is 2.68. The molecule has 2 N–H and O–H groups in total. The number of aromatic nitrogens is 7. The fraction of sp³-hybridized carbons (Fsp3) is 0.324.